The predicted molar refractivity (Wildman–Crippen MR) is 154 cm³/mol. The SMILES string of the molecule is CCN1CC(C2=NC(=NNc3cccc(C4CCCC(c5nnn[nH]5)C4)c3O)C(=O)N2c2ccc(C)c(C)c2)C1. The van der Waals surface area contributed by atoms with Crippen molar-refractivity contribution >= 4 is 29.0 Å². The lowest BCUT2D eigenvalue weighted by atomic mass is 9.77. The number of nitrogens with one attached hydrogen (secondary N) is 2. The van der Waals surface area contributed by atoms with Gasteiger partial charge >= 0.3 is 5.91 Å². The number of hydrazone groups is 1. The summed E-state index contributed by atoms with van der Waals surface area (Å²) in [4.78, 5) is 22.4. The Kier molecular flexibility index (Phi) is 7.05. The van der Waals surface area contributed by atoms with E-state index in [1.54, 1.807) is 11.0 Å². The van der Waals surface area contributed by atoms with Gasteiger partial charge in [-0.1, -0.05) is 31.5 Å². The molecule has 0 radical (unpaired) electrons. The number of amides is 1. The zero-order valence-corrected chi connectivity index (χ0v) is 23.1. The highest BCUT2D eigenvalue weighted by Crippen LogP contribution is 2.44. The molecule has 2 fully saturated rings. The highest BCUT2D eigenvalue weighted by molar-refractivity contribution is 6.54. The Labute approximate surface area is 233 Å². The molecular formula is C29H35N9O2. The molecule has 0 spiro atoms. The highest BCUT2D eigenvalue weighted by Gasteiger charge is 2.41. The molecule has 208 valence electrons. The van der Waals surface area contributed by atoms with Crippen molar-refractivity contribution in [1.82, 2.24) is 25.5 Å². The number of hydrogen-bond acceptors (Lipinski definition) is 8. The first-order valence-corrected chi connectivity index (χ1v) is 14.0. The molecule has 2 aromatic carbocycles. The number of nitrogens with zero attached hydrogens (tertiary/aromatic N) is 7. The number of carbonyl (C=O) groups excluding carboxylic acids is 1. The van der Waals surface area contributed by atoms with Gasteiger partial charge in [-0.2, -0.15) is 0 Å². The Morgan fingerprint density at radius 2 is 1.93 bits per heavy atom. The van der Waals surface area contributed by atoms with Crippen molar-refractivity contribution in [1.29, 1.82) is 0 Å². The zero-order valence-electron chi connectivity index (χ0n) is 23.1. The van der Waals surface area contributed by atoms with Crippen LogP contribution < -0.4 is 10.3 Å². The minimum Gasteiger partial charge on any atom is -0.505 e. The van der Waals surface area contributed by atoms with E-state index in [1.807, 2.05) is 37.3 Å². The molecule has 3 aliphatic rings. The Bertz CT molecular complexity index is 1460. The Morgan fingerprint density at radius 1 is 1.10 bits per heavy atom. The molecule has 1 aliphatic carbocycles. The van der Waals surface area contributed by atoms with Crippen LogP contribution in [0, 0.1) is 19.8 Å². The summed E-state index contributed by atoms with van der Waals surface area (Å²) < 4.78 is 0. The largest absolute Gasteiger partial charge is 0.505 e. The summed E-state index contributed by atoms with van der Waals surface area (Å²) in [6.07, 6.45) is 3.84. The topological polar surface area (TPSA) is 135 Å². The Balaban J connectivity index is 1.24. The molecule has 3 aromatic rings. The van der Waals surface area contributed by atoms with E-state index < -0.39 is 0 Å². The number of aromatic hydroxyl groups is 1. The summed E-state index contributed by atoms with van der Waals surface area (Å²) in [5.74, 6) is 2.03. The maximum atomic E-state index is 13.6. The molecule has 40 heavy (non-hydrogen) atoms. The fraction of sp³-hybridized carbons (Fsp3) is 0.448. The number of aromatic amines is 1. The van der Waals surface area contributed by atoms with E-state index in [4.69, 9.17) is 4.99 Å². The van der Waals surface area contributed by atoms with Crippen LogP contribution in [0.4, 0.5) is 11.4 Å². The molecule has 3 N–H and O–H groups in total. The molecule has 1 aromatic heterocycles. The lowest BCUT2D eigenvalue weighted by Gasteiger charge is -2.40. The number of carbonyl (C=O) groups is 1. The number of phenols is 1. The summed E-state index contributed by atoms with van der Waals surface area (Å²) in [5, 5.41) is 30.1. The third kappa shape index (κ3) is 4.85. The monoisotopic (exact) mass is 541 g/mol. The number of aromatic nitrogens is 4. The molecule has 2 unspecified atom stereocenters. The van der Waals surface area contributed by atoms with Gasteiger partial charge < -0.3 is 10.0 Å². The molecule has 2 aliphatic heterocycles. The van der Waals surface area contributed by atoms with Crippen LogP contribution in [0.2, 0.25) is 0 Å². The van der Waals surface area contributed by atoms with Gasteiger partial charge in [-0.3, -0.25) is 15.1 Å². The van der Waals surface area contributed by atoms with Gasteiger partial charge in [-0.25, -0.2) is 10.1 Å². The van der Waals surface area contributed by atoms with Crippen LogP contribution in [-0.2, 0) is 4.79 Å². The molecule has 6 rings (SSSR count). The predicted octanol–water partition coefficient (Wildman–Crippen LogP) is 4.09. The van der Waals surface area contributed by atoms with Crippen LogP contribution in [0.15, 0.2) is 46.5 Å². The molecule has 11 nitrogen and oxygen atoms in total. The van der Waals surface area contributed by atoms with E-state index in [2.05, 4.69) is 49.9 Å². The van der Waals surface area contributed by atoms with Gasteiger partial charge in [-0.15, -0.1) is 10.2 Å². The number of aliphatic imine (C=N–C) groups is 1. The molecule has 1 saturated heterocycles. The van der Waals surface area contributed by atoms with Gasteiger partial charge in [0, 0.05) is 24.9 Å². The number of rotatable bonds is 7. The van der Waals surface area contributed by atoms with Gasteiger partial charge in [0.05, 0.1) is 11.4 Å². The van der Waals surface area contributed by atoms with Gasteiger partial charge in [0.25, 0.3) is 0 Å². The number of hydrogen-bond donors (Lipinski definition) is 3. The molecule has 1 saturated carbocycles. The maximum Gasteiger partial charge on any atom is 0.303 e. The van der Waals surface area contributed by atoms with Gasteiger partial charge in [-0.05, 0) is 90.9 Å². The molecule has 0 bridgehead atoms. The van der Waals surface area contributed by atoms with Crippen LogP contribution in [0.1, 0.15) is 67.0 Å². The lowest BCUT2D eigenvalue weighted by Crippen LogP contribution is -2.54. The van der Waals surface area contributed by atoms with Gasteiger partial charge in [0.15, 0.2) is 5.82 Å². The molecular weight excluding hydrogens is 506 g/mol. The second-order valence-electron chi connectivity index (χ2n) is 11.1. The average Bonchev–Trinajstić information content (AvgIpc) is 3.58. The van der Waals surface area contributed by atoms with Gasteiger partial charge in [0.2, 0.25) is 5.84 Å². The maximum absolute atomic E-state index is 13.6. The number of para-hydroxylation sites is 1. The number of H-pyrrole nitrogens is 1. The summed E-state index contributed by atoms with van der Waals surface area (Å²) in [6, 6.07) is 11.6. The number of phenolic OH excluding ortho intramolecular Hbond substituents is 1. The van der Waals surface area contributed by atoms with Crippen molar-refractivity contribution in [3.05, 3.63) is 58.9 Å². The van der Waals surface area contributed by atoms with Crippen molar-refractivity contribution in [2.24, 2.45) is 16.0 Å². The van der Waals surface area contributed by atoms with Crippen molar-refractivity contribution in [2.45, 2.75) is 58.3 Å². The summed E-state index contributed by atoms with van der Waals surface area (Å²) in [5.41, 5.74) is 7.33. The standard InChI is InChI=1S/C29H35N9O2/c1-4-37-15-21(16-37)28-30-27(29(40)38(28)22-12-11-17(2)18(3)13-22)32-31-24-10-6-9-23(25(24)39)19-7-5-8-20(14-19)26-33-35-36-34-26/h6,9-13,19-21,31,39H,4-5,7-8,14-16H2,1-3H3,(H,33,34,35,36). The molecule has 11 heteroatoms. The summed E-state index contributed by atoms with van der Waals surface area (Å²) in [7, 11) is 0. The number of amidine groups is 2. The van der Waals surface area contributed by atoms with E-state index in [-0.39, 0.29) is 35.2 Å². The van der Waals surface area contributed by atoms with Crippen LogP contribution in [0.3, 0.4) is 0 Å². The van der Waals surface area contributed by atoms with Crippen LogP contribution in [-0.4, -0.2) is 67.8 Å². The van der Waals surface area contributed by atoms with Crippen molar-refractivity contribution in [2.75, 3.05) is 30.0 Å². The Hall–Kier alpha value is -4.12. The molecule has 1 amide bonds. The van der Waals surface area contributed by atoms with Crippen LogP contribution in [0.25, 0.3) is 0 Å². The van der Waals surface area contributed by atoms with Crippen molar-refractivity contribution in [3.63, 3.8) is 0 Å². The minimum atomic E-state index is -0.271. The average molecular weight is 542 g/mol. The number of benzene rings is 2. The van der Waals surface area contributed by atoms with Gasteiger partial charge in [0.1, 0.15) is 11.6 Å². The smallest absolute Gasteiger partial charge is 0.303 e. The van der Waals surface area contributed by atoms with E-state index >= 15 is 0 Å². The number of likely N-dealkylation sites (tertiary alicyclic amines) is 1. The number of tetrazole rings is 1. The van der Waals surface area contributed by atoms with E-state index in [1.165, 1.54) is 5.56 Å². The van der Waals surface area contributed by atoms with Crippen molar-refractivity contribution in [3.8, 4) is 5.75 Å². The first kappa shape index (κ1) is 26.1. The molecule has 3 heterocycles. The quantitative estimate of drug-likeness (QED) is 0.303. The Morgan fingerprint density at radius 3 is 2.67 bits per heavy atom. The first-order chi connectivity index (χ1) is 19.4. The number of aryl methyl sites for hydroxylation is 2. The molecule has 2 atom stereocenters. The minimum absolute atomic E-state index is 0.0866. The summed E-state index contributed by atoms with van der Waals surface area (Å²) in [6.45, 7) is 8.93. The second kappa shape index (κ2) is 10.8. The number of anilines is 2. The third-order valence-electron chi connectivity index (χ3n) is 8.57. The first-order valence-electron chi connectivity index (χ1n) is 14.0. The highest BCUT2D eigenvalue weighted by atomic mass is 16.3. The lowest BCUT2D eigenvalue weighted by molar-refractivity contribution is -0.111. The fourth-order valence-electron chi connectivity index (χ4n) is 6.02. The van der Waals surface area contributed by atoms with E-state index in [0.717, 1.165) is 73.8 Å². The second-order valence-corrected chi connectivity index (χ2v) is 11.1. The van der Waals surface area contributed by atoms with Crippen LogP contribution in [0.5, 0.6) is 5.75 Å². The van der Waals surface area contributed by atoms with E-state index in [0.29, 0.717) is 5.69 Å². The normalized spacial score (nSPS) is 23.0. The summed E-state index contributed by atoms with van der Waals surface area (Å²) >= 11 is 0. The third-order valence-corrected chi connectivity index (χ3v) is 8.57. The zero-order chi connectivity index (χ0) is 27.8. The van der Waals surface area contributed by atoms with E-state index in [9.17, 15) is 9.90 Å². The fourth-order valence-corrected chi connectivity index (χ4v) is 6.02. The van der Waals surface area contributed by atoms with Crippen molar-refractivity contribution < 1.29 is 9.90 Å². The van der Waals surface area contributed by atoms with Crippen LogP contribution >= 0.6 is 0 Å².